The number of hydrogen-bond donors (Lipinski definition) is 1. The molecule has 0 aliphatic heterocycles. The molecule has 0 bridgehead atoms. The van der Waals surface area contributed by atoms with Gasteiger partial charge < -0.3 is 10.1 Å². The fourth-order valence-electron chi connectivity index (χ4n) is 1.88. The van der Waals surface area contributed by atoms with Crippen LogP contribution in [-0.4, -0.2) is 25.2 Å². The van der Waals surface area contributed by atoms with Crippen LogP contribution in [0.1, 0.15) is 22.3 Å². The first-order chi connectivity index (χ1) is 9.61. The smallest absolute Gasteiger partial charge is 0.129 e. The highest BCUT2D eigenvalue weighted by Gasteiger charge is 2.20. The van der Waals surface area contributed by atoms with Gasteiger partial charge in [0, 0.05) is 34.8 Å². The number of benzene rings is 1. The molecule has 1 atom stereocenters. The molecule has 1 aromatic heterocycles. The second-order valence-corrected chi connectivity index (χ2v) is 6.18. The summed E-state index contributed by atoms with van der Waals surface area (Å²) in [5, 5.41) is 6.12. The molecule has 3 nitrogen and oxygen atoms in total. The van der Waals surface area contributed by atoms with Crippen molar-refractivity contribution >= 4 is 27.3 Å². The van der Waals surface area contributed by atoms with Crippen LogP contribution in [0.4, 0.5) is 4.39 Å². The Morgan fingerprint density at radius 2 is 2.30 bits per heavy atom. The molecule has 0 aliphatic carbocycles. The van der Waals surface area contributed by atoms with E-state index in [1.54, 1.807) is 13.2 Å². The fraction of sp³-hybridized carbons (Fsp3) is 0.357. The van der Waals surface area contributed by atoms with Gasteiger partial charge in [0.15, 0.2) is 0 Å². The standard InChI is InChI=1S/C14H16BrFN2OS/c1-9-8-20-14(18-9)13(17-5-6-19-2)11-4-3-10(15)7-12(11)16/h3-4,7-8,13,17H,5-6H2,1-2H3. The predicted octanol–water partition coefficient (Wildman–Crippen LogP) is 3.68. The number of aromatic nitrogens is 1. The maximum atomic E-state index is 14.2. The minimum absolute atomic E-state index is 0.248. The molecule has 0 amide bonds. The summed E-state index contributed by atoms with van der Waals surface area (Å²) < 4.78 is 19.9. The summed E-state index contributed by atoms with van der Waals surface area (Å²) in [5.41, 5.74) is 1.54. The van der Waals surface area contributed by atoms with E-state index >= 15 is 0 Å². The molecule has 2 rings (SSSR count). The molecule has 6 heteroatoms. The number of hydrogen-bond acceptors (Lipinski definition) is 4. The number of ether oxygens (including phenoxy) is 1. The zero-order valence-electron chi connectivity index (χ0n) is 11.3. The van der Waals surface area contributed by atoms with Crippen LogP contribution in [0.5, 0.6) is 0 Å². The van der Waals surface area contributed by atoms with Gasteiger partial charge in [-0.25, -0.2) is 9.37 Å². The molecule has 0 fully saturated rings. The average molecular weight is 359 g/mol. The summed E-state index contributed by atoms with van der Waals surface area (Å²) in [6.07, 6.45) is 0. The molecule has 1 heterocycles. The Balaban J connectivity index is 2.30. The Kier molecular flexibility index (Phi) is 5.65. The van der Waals surface area contributed by atoms with E-state index in [1.165, 1.54) is 17.4 Å². The summed E-state index contributed by atoms with van der Waals surface area (Å²) in [4.78, 5) is 4.47. The molecule has 1 N–H and O–H groups in total. The topological polar surface area (TPSA) is 34.1 Å². The highest BCUT2D eigenvalue weighted by atomic mass is 79.9. The first kappa shape index (κ1) is 15.6. The third-order valence-corrected chi connectivity index (χ3v) is 4.33. The number of aryl methyl sites for hydroxylation is 1. The maximum Gasteiger partial charge on any atom is 0.129 e. The summed E-state index contributed by atoms with van der Waals surface area (Å²) in [6, 6.07) is 4.84. The van der Waals surface area contributed by atoms with Gasteiger partial charge in [-0.15, -0.1) is 11.3 Å². The van der Waals surface area contributed by atoms with Gasteiger partial charge in [-0.05, 0) is 19.1 Å². The molecule has 20 heavy (non-hydrogen) atoms. The highest BCUT2D eigenvalue weighted by Crippen LogP contribution is 2.28. The lowest BCUT2D eigenvalue weighted by atomic mass is 10.1. The van der Waals surface area contributed by atoms with Crippen LogP contribution in [0.3, 0.4) is 0 Å². The molecule has 2 aromatic rings. The Bertz CT molecular complexity index is 576. The van der Waals surface area contributed by atoms with Gasteiger partial charge >= 0.3 is 0 Å². The van der Waals surface area contributed by atoms with Crippen molar-refractivity contribution in [3.8, 4) is 0 Å². The van der Waals surface area contributed by atoms with Gasteiger partial charge in [0.25, 0.3) is 0 Å². The van der Waals surface area contributed by atoms with Crippen molar-refractivity contribution in [2.24, 2.45) is 0 Å². The van der Waals surface area contributed by atoms with E-state index < -0.39 is 0 Å². The van der Waals surface area contributed by atoms with E-state index in [2.05, 4.69) is 26.2 Å². The zero-order chi connectivity index (χ0) is 14.5. The minimum atomic E-state index is -0.253. The summed E-state index contributed by atoms with van der Waals surface area (Å²) >= 11 is 4.81. The fourth-order valence-corrected chi connectivity index (χ4v) is 3.10. The molecule has 1 aromatic carbocycles. The molecule has 0 saturated carbocycles. The van der Waals surface area contributed by atoms with E-state index in [0.29, 0.717) is 18.7 Å². The molecule has 0 saturated heterocycles. The van der Waals surface area contributed by atoms with Crippen molar-refractivity contribution in [1.29, 1.82) is 0 Å². The lowest BCUT2D eigenvalue weighted by molar-refractivity contribution is 0.197. The molecule has 0 aliphatic rings. The lowest BCUT2D eigenvalue weighted by Crippen LogP contribution is -2.26. The third kappa shape index (κ3) is 3.85. The Morgan fingerprint density at radius 1 is 1.50 bits per heavy atom. The van der Waals surface area contributed by atoms with E-state index in [9.17, 15) is 4.39 Å². The molecular weight excluding hydrogens is 343 g/mol. The van der Waals surface area contributed by atoms with Crippen LogP contribution in [0.2, 0.25) is 0 Å². The molecule has 108 valence electrons. The normalized spacial score (nSPS) is 12.6. The number of rotatable bonds is 6. The largest absolute Gasteiger partial charge is 0.383 e. The summed E-state index contributed by atoms with van der Waals surface area (Å²) in [6.45, 7) is 3.14. The SMILES string of the molecule is COCCNC(c1nc(C)cs1)c1ccc(Br)cc1F. The summed E-state index contributed by atoms with van der Waals surface area (Å²) in [7, 11) is 1.64. The van der Waals surface area contributed by atoms with Crippen LogP contribution in [-0.2, 0) is 4.74 Å². The summed E-state index contributed by atoms with van der Waals surface area (Å²) in [5.74, 6) is -0.248. The van der Waals surface area contributed by atoms with Crippen molar-refractivity contribution < 1.29 is 9.13 Å². The second kappa shape index (κ2) is 7.26. The van der Waals surface area contributed by atoms with Gasteiger partial charge in [-0.3, -0.25) is 0 Å². The number of methoxy groups -OCH3 is 1. The van der Waals surface area contributed by atoms with Crippen LogP contribution in [0, 0.1) is 12.7 Å². The average Bonchev–Trinajstić information content (AvgIpc) is 2.82. The number of thiazole rings is 1. The Morgan fingerprint density at radius 3 is 2.90 bits per heavy atom. The van der Waals surface area contributed by atoms with Crippen molar-refractivity contribution in [2.75, 3.05) is 20.3 Å². The maximum absolute atomic E-state index is 14.2. The van der Waals surface area contributed by atoms with Crippen molar-refractivity contribution in [2.45, 2.75) is 13.0 Å². The third-order valence-electron chi connectivity index (χ3n) is 2.81. The minimum Gasteiger partial charge on any atom is -0.383 e. The van der Waals surface area contributed by atoms with Crippen molar-refractivity contribution in [3.63, 3.8) is 0 Å². The number of nitrogens with zero attached hydrogens (tertiary/aromatic N) is 1. The van der Waals surface area contributed by atoms with Crippen molar-refractivity contribution in [3.05, 3.63) is 50.1 Å². The van der Waals surface area contributed by atoms with Gasteiger partial charge in [-0.1, -0.05) is 22.0 Å². The number of halogens is 2. The van der Waals surface area contributed by atoms with Gasteiger partial charge in [0.2, 0.25) is 0 Å². The van der Waals surface area contributed by atoms with E-state index in [4.69, 9.17) is 4.74 Å². The quantitative estimate of drug-likeness (QED) is 0.799. The predicted molar refractivity (Wildman–Crippen MR) is 82.7 cm³/mol. The Labute approximate surface area is 130 Å². The van der Waals surface area contributed by atoms with Crippen LogP contribution in [0.15, 0.2) is 28.1 Å². The first-order valence-electron chi connectivity index (χ1n) is 6.21. The highest BCUT2D eigenvalue weighted by molar-refractivity contribution is 9.10. The number of nitrogens with one attached hydrogen (secondary N) is 1. The molecule has 0 radical (unpaired) electrons. The van der Waals surface area contributed by atoms with E-state index in [1.807, 2.05) is 18.4 Å². The van der Waals surface area contributed by atoms with Crippen LogP contribution >= 0.6 is 27.3 Å². The second-order valence-electron chi connectivity index (χ2n) is 4.37. The first-order valence-corrected chi connectivity index (χ1v) is 7.88. The lowest BCUT2D eigenvalue weighted by Gasteiger charge is -2.17. The molecule has 1 unspecified atom stereocenters. The molecular formula is C14H16BrFN2OS. The van der Waals surface area contributed by atoms with Gasteiger partial charge in [0.1, 0.15) is 10.8 Å². The Hall–Kier alpha value is -0.820. The monoisotopic (exact) mass is 358 g/mol. The zero-order valence-corrected chi connectivity index (χ0v) is 13.7. The van der Waals surface area contributed by atoms with Crippen LogP contribution in [0.25, 0.3) is 0 Å². The van der Waals surface area contributed by atoms with E-state index in [0.717, 1.165) is 15.2 Å². The van der Waals surface area contributed by atoms with Gasteiger partial charge in [-0.2, -0.15) is 0 Å². The van der Waals surface area contributed by atoms with Crippen molar-refractivity contribution in [1.82, 2.24) is 10.3 Å². The van der Waals surface area contributed by atoms with Gasteiger partial charge in [0.05, 0.1) is 12.6 Å². The van der Waals surface area contributed by atoms with E-state index in [-0.39, 0.29) is 11.9 Å². The molecule has 0 spiro atoms. The van der Waals surface area contributed by atoms with Crippen LogP contribution < -0.4 is 5.32 Å².